The lowest BCUT2D eigenvalue weighted by Crippen LogP contribution is -2.65. The van der Waals surface area contributed by atoms with Gasteiger partial charge in [0.25, 0.3) is 5.91 Å². The molecule has 0 spiro atoms. The number of rotatable bonds is 4. The average molecular weight is 429 g/mol. The number of hydrogen-bond donors (Lipinski definition) is 1. The summed E-state index contributed by atoms with van der Waals surface area (Å²) in [7, 11) is 0. The lowest BCUT2D eigenvalue weighted by atomic mass is 9.64. The Labute approximate surface area is 180 Å². The minimum atomic E-state index is -0.604. The van der Waals surface area contributed by atoms with Crippen LogP contribution >= 0.6 is 0 Å². The predicted molar refractivity (Wildman–Crippen MR) is 111 cm³/mol. The van der Waals surface area contributed by atoms with E-state index in [1.54, 1.807) is 20.8 Å². The van der Waals surface area contributed by atoms with Crippen LogP contribution in [-0.2, 0) is 4.74 Å². The number of ether oxygens (including phenoxy) is 1. The van der Waals surface area contributed by atoms with Gasteiger partial charge in [-0.25, -0.2) is 9.18 Å². The number of fused-ring (bicyclic) bond motifs is 2. The van der Waals surface area contributed by atoms with Gasteiger partial charge in [-0.05, 0) is 63.6 Å². The van der Waals surface area contributed by atoms with E-state index in [1.807, 2.05) is 4.90 Å². The van der Waals surface area contributed by atoms with Crippen LogP contribution < -0.4 is 5.32 Å². The highest BCUT2D eigenvalue weighted by molar-refractivity contribution is 5.98. The summed E-state index contributed by atoms with van der Waals surface area (Å²) in [5, 5.41) is 11.0. The van der Waals surface area contributed by atoms with Crippen molar-refractivity contribution in [2.24, 2.45) is 11.8 Å². The van der Waals surface area contributed by atoms with Gasteiger partial charge in [0.05, 0.1) is 29.7 Å². The lowest BCUT2D eigenvalue weighted by Gasteiger charge is -2.57. The van der Waals surface area contributed by atoms with Crippen LogP contribution in [0.15, 0.2) is 30.6 Å². The first-order valence-corrected chi connectivity index (χ1v) is 10.6. The third kappa shape index (κ3) is 4.26. The number of amides is 2. The molecule has 3 aliphatic rings. The summed E-state index contributed by atoms with van der Waals surface area (Å²) in [5.41, 5.74) is 0.0213. The predicted octanol–water partition coefficient (Wildman–Crippen LogP) is 3.17. The third-order valence-corrected chi connectivity index (χ3v) is 6.16. The van der Waals surface area contributed by atoms with Crippen molar-refractivity contribution in [1.82, 2.24) is 25.2 Å². The molecule has 3 heterocycles. The minimum Gasteiger partial charge on any atom is -0.444 e. The monoisotopic (exact) mass is 429 g/mol. The topological polar surface area (TPSA) is 89.4 Å². The molecule has 2 atom stereocenters. The fourth-order valence-electron chi connectivity index (χ4n) is 4.56. The zero-order chi connectivity index (χ0) is 22.3. The van der Waals surface area contributed by atoms with E-state index in [0.717, 1.165) is 12.8 Å². The average Bonchev–Trinajstić information content (AvgIpc) is 3.18. The SMILES string of the molecule is C[C@@H]1C2CC(C2)N(C(=O)c2cc(F)ccc2-n2nccn2)[C@@H]1CNC(=O)OC(C)(C)C. The van der Waals surface area contributed by atoms with Crippen molar-refractivity contribution >= 4 is 12.0 Å². The van der Waals surface area contributed by atoms with Crippen LogP contribution in [0.5, 0.6) is 0 Å². The summed E-state index contributed by atoms with van der Waals surface area (Å²) in [4.78, 5) is 29.0. The molecule has 2 aromatic rings. The zero-order valence-corrected chi connectivity index (χ0v) is 18.2. The van der Waals surface area contributed by atoms with Crippen LogP contribution in [0, 0.1) is 17.7 Å². The maximum atomic E-state index is 14.1. The lowest BCUT2D eigenvalue weighted by molar-refractivity contribution is -0.0544. The van der Waals surface area contributed by atoms with Crippen LogP contribution in [0.1, 0.15) is 50.9 Å². The molecule has 2 aliphatic heterocycles. The standard InChI is InChI=1S/C22H28FN5O3/c1-13-14-9-16(10-14)27(19(13)12-24-21(30)31-22(2,3)4)20(29)17-11-15(23)5-6-18(17)28-25-7-8-26-28/h5-8,11,13-14,16,19H,9-10,12H2,1-4H3,(H,24,30)/t13-,14?,16?,19-/m1/s1. The Morgan fingerprint density at radius 3 is 2.55 bits per heavy atom. The molecule has 8 nitrogen and oxygen atoms in total. The summed E-state index contributed by atoms with van der Waals surface area (Å²) in [6.07, 6.45) is 4.33. The van der Waals surface area contributed by atoms with E-state index in [-0.39, 0.29) is 36.0 Å². The van der Waals surface area contributed by atoms with E-state index in [2.05, 4.69) is 22.4 Å². The highest BCUT2D eigenvalue weighted by Crippen LogP contribution is 2.47. The number of carbonyl (C=O) groups excluding carboxylic acids is 2. The number of nitrogens with one attached hydrogen (secondary N) is 1. The molecule has 166 valence electrons. The summed E-state index contributed by atoms with van der Waals surface area (Å²) in [6, 6.07) is 3.89. The molecule has 1 saturated carbocycles. The summed E-state index contributed by atoms with van der Waals surface area (Å²) < 4.78 is 19.5. The number of alkyl carbamates (subject to hydrolysis) is 1. The fourth-order valence-corrected chi connectivity index (χ4v) is 4.56. The number of carbonyl (C=O) groups is 2. The highest BCUT2D eigenvalue weighted by Gasteiger charge is 2.51. The Balaban J connectivity index is 1.60. The zero-order valence-electron chi connectivity index (χ0n) is 18.2. The molecule has 2 saturated heterocycles. The molecule has 0 unspecified atom stereocenters. The van der Waals surface area contributed by atoms with Gasteiger partial charge in [-0.2, -0.15) is 15.0 Å². The van der Waals surface area contributed by atoms with Gasteiger partial charge in [0.15, 0.2) is 0 Å². The van der Waals surface area contributed by atoms with E-state index < -0.39 is 17.5 Å². The van der Waals surface area contributed by atoms with Crippen molar-refractivity contribution in [3.63, 3.8) is 0 Å². The van der Waals surface area contributed by atoms with Gasteiger partial charge >= 0.3 is 6.09 Å². The molecule has 1 aromatic heterocycles. The molecule has 1 aliphatic carbocycles. The Morgan fingerprint density at radius 1 is 1.23 bits per heavy atom. The second-order valence-corrected chi connectivity index (χ2v) is 9.39. The number of nitrogens with zero attached hydrogens (tertiary/aromatic N) is 4. The Hall–Kier alpha value is -2.97. The van der Waals surface area contributed by atoms with E-state index in [9.17, 15) is 14.0 Å². The van der Waals surface area contributed by atoms with Gasteiger partial charge in [0.2, 0.25) is 0 Å². The van der Waals surface area contributed by atoms with Gasteiger partial charge < -0.3 is 15.0 Å². The first-order valence-electron chi connectivity index (χ1n) is 10.6. The number of benzene rings is 1. The Kier molecular flexibility index (Phi) is 5.45. The van der Waals surface area contributed by atoms with Crippen LogP contribution in [-0.4, -0.2) is 56.1 Å². The molecular formula is C22H28FN5O3. The maximum Gasteiger partial charge on any atom is 0.407 e. The number of halogens is 1. The van der Waals surface area contributed by atoms with E-state index in [0.29, 0.717) is 11.6 Å². The Morgan fingerprint density at radius 2 is 1.90 bits per heavy atom. The molecule has 0 radical (unpaired) electrons. The van der Waals surface area contributed by atoms with E-state index >= 15 is 0 Å². The van der Waals surface area contributed by atoms with Crippen LogP contribution in [0.25, 0.3) is 5.69 Å². The summed E-state index contributed by atoms with van der Waals surface area (Å²) >= 11 is 0. The van der Waals surface area contributed by atoms with Gasteiger partial charge in [-0.1, -0.05) is 6.92 Å². The maximum absolute atomic E-state index is 14.1. The third-order valence-electron chi connectivity index (χ3n) is 6.16. The molecule has 3 fully saturated rings. The first kappa shape index (κ1) is 21.3. The van der Waals surface area contributed by atoms with Gasteiger partial charge in [0, 0.05) is 12.6 Å². The number of hydrogen-bond acceptors (Lipinski definition) is 5. The normalized spacial score (nSPS) is 25.0. The second-order valence-electron chi connectivity index (χ2n) is 9.39. The molecule has 31 heavy (non-hydrogen) atoms. The van der Waals surface area contributed by atoms with Crippen molar-refractivity contribution in [2.45, 2.75) is 58.2 Å². The van der Waals surface area contributed by atoms with Crippen molar-refractivity contribution in [2.75, 3.05) is 6.54 Å². The molecular weight excluding hydrogens is 401 g/mol. The van der Waals surface area contributed by atoms with Crippen LogP contribution in [0.3, 0.4) is 0 Å². The highest BCUT2D eigenvalue weighted by atomic mass is 19.1. The molecule has 2 amide bonds. The smallest absolute Gasteiger partial charge is 0.407 e. The molecule has 1 aromatic carbocycles. The summed E-state index contributed by atoms with van der Waals surface area (Å²) in [5.74, 6) is -0.0695. The minimum absolute atomic E-state index is 0.0702. The van der Waals surface area contributed by atoms with Crippen molar-refractivity contribution < 1.29 is 18.7 Å². The largest absolute Gasteiger partial charge is 0.444 e. The first-order chi connectivity index (χ1) is 14.6. The van der Waals surface area contributed by atoms with Gasteiger partial charge in [-0.3, -0.25) is 4.79 Å². The van der Waals surface area contributed by atoms with E-state index in [4.69, 9.17) is 4.74 Å². The van der Waals surface area contributed by atoms with Crippen molar-refractivity contribution in [1.29, 1.82) is 0 Å². The van der Waals surface area contributed by atoms with Crippen LogP contribution in [0.2, 0.25) is 0 Å². The second kappa shape index (κ2) is 7.94. The molecule has 2 bridgehead atoms. The molecule has 5 rings (SSSR count). The number of piperidine rings is 2. The van der Waals surface area contributed by atoms with Gasteiger partial charge in [0.1, 0.15) is 11.4 Å². The fraction of sp³-hybridized carbons (Fsp3) is 0.545. The Bertz CT molecular complexity index is 966. The van der Waals surface area contributed by atoms with E-state index in [1.165, 1.54) is 35.4 Å². The van der Waals surface area contributed by atoms with Crippen molar-refractivity contribution in [3.05, 3.63) is 42.0 Å². The molecule has 9 heteroatoms. The van der Waals surface area contributed by atoms with Gasteiger partial charge in [-0.15, -0.1) is 0 Å². The van der Waals surface area contributed by atoms with Crippen molar-refractivity contribution in [3.8, 4) is 5.69 Å². The number of aromatic nitrogens is 3. The summed E-state index contributed by atoms with van der Waals surface area (Å²) in [6.45, 7) is 7.78. The molecule has 1 N–H and O–H groups in total. The van der Waals surface area contributed by atoms with Crippen LogP contribution in [0.4, 0.5) is 9.18 Å². The quantitative estimate of drug-likeness (QED) is 0.806.